The first-order chi connectivity index (χ1) is 17.4. The van der Waals surface area contributed by atoms with Crippen molar-refractivity contribution in [3.8, 4) is 11.4 Å². The second-order valence-electron chi connectivity index (χ2n) is 8.34. The first-order valence-corrected chi connectivity index (χ1v) is 11.3. The van der Waals surface area contributed by atoms with Gasteiger partial charge in [-0.2, -0.15) is 15.3 Å². The molecule has 10 heteroatoms. The van der Waals surface area contributed by atoms with Crippen molar-refractivity contribution >= 4 is 23.2 Å². The van der Waals surface area contributed by atoms with Gasteiger partial charge in [0.05, 0.1) is 22.8 Å². The van der Waals surface area contributed by atoms with Crippen LogP contribution in [0, 0.1) is 13.8 Å². The summed E-state index contributed by atoms with van der Waals surface area (Å²) in [5, 5.41) is 18.6. The van der Waals surface area contributed by atoms with Gasteiger partial charge < -0.3 is 10.6 Å². The maximum atomic E-state index is 12.8. The molecule has 10 nitrogen and oxygen atoms in total. The van der Waals surface area contributed by atoms with Crippen LogP contribution < -0.4 is 10.6 Å². The lowest BCUT2D eigenvalue weighted by Crippen LogP contribution is -2.16. The fourth-order valence-corrected chi connectivity index (χ4v) is 3.69. The molecule has 0 aliphatic rings. The molecule has 2 aromatic carbocycles. The average Bonchev–Trinajstić information content (AvgIpc) is 3.60. The molecule has 3 aromatic heterocycles. The van der Waals surface area contributed by atoms with E-state index in [1.54, 1.807) is 40.7 Å². The number of carbonyl (C=O) groups excluding carboxylic acids is 2. The number of aromatic nitrogens is 6. The Hall–Kier alpha value is -4.99. The van der Waals surface area contributed by atoms with Crippen molar-refractivity contribution in [2.75, 3.05) is 10.6 Å². The smallest absolute Gasteiger partial charge is 0.276 e. The summed E-state index contributed by atoms with van der Waals surface area (Å²) < 4.78 is 4.91. The first-order valence-electron chi connectivity index (χ1n) is 11.3. The summed E-state index contributed by atoms with van der Waals surface area (Å²) in [6.45, 7) is 3.85. The van der Waals surface area contributed by atoms with Gasteiger partial charge in [-0.25, -0.2) is 9.36 Å². The minimum absolute atomic E-state index is 0.138. The molecule has 0 aliphatic heterocycles. The molecule has 5 aromatic rings. The van der Waals surface area contributed by atoms with Crippen molar-refractivity contribution in [2.45, 2.75) is 13.8 Å². The van der Waals surface area contributed by atoms with Gasteiger partial charge in [0, 0.05) is 36.9 Å². The second kappa shape index (κ2) is 9.34. The molecule has 0 unspecified atom stereocenters. The van der Waals surface area contributed by atoms with Gasteiger partial charge in [-0.3, -0.25) is 14.3 Å². The maximum absolute atomic E-state index is 12.8. The largest absolute Gasteiger partial charge is 0.321 e. The lowest BCUT2D eigenvalue weighted by molar-refractivity contribution is 0.101. The molecule has 0 aliphatic carbocycles. The van der Waals surface area contributed by atoms with Crippen molar-refractivity contribution in [2.24, 2.45) is 7.05 Å². The number of nitrogens with zero attached hydrogens (tertiary/aromatic N) is 6. The summed E-state index contributed by atoms with van der Waals surface area (Å²) in [7, 11) is 1.62. The Kier molecular flexibility index (Phi) is 5.91. The maximum Gasteiger partial charge on any atom is 0.276 e. The predicted molar refractivity (Wildman–Crippen MR) is 136 cm³/mol. The molecule has 36 heavy (non-hydrogen) atoms. The van der Waals surface area contributed by atoms with Crippen molar-refractivity contribution < 1.29 is 9.59 Å². The molecule has 0 atom stereocenters. The van der Waals surface area contributed by atoms with Crippen LogP contribution in [-0.2, 0) is 7.05 Å². The molecule has 2 N–H and O–H groups in total. The number of hydrogen-bond donors (Lipinski definition) is 2. The van der Waals surface area contributed by atoms with Crippen LogP contribution >= 0.6 is 0 Å². The highest BCUT2D eigenvalue weighted by Gasteiger charge is 2.18. The normalized spacial score (nSPS) is 10.9. The highest BCUT2D eigenvalue weighted by Crippen LogP contribution is 2.17. The molecule has 0 spiro atoms. The van der Waals surface area contributed by atoms with Gasteiger partial charge in [0.15, 0.2) is 5.69 Å². The SMILES string of the molecule is Cc1ccn(-c2ccc(NC(=O)c3cc(C(=O)Nc4ccc(-n5ccc(C)n5)cc4)n(C)n3)cc2)n1. The number of carbonyl (C=O) groups is 2. The number of aryl methyl sites for hydroxylation is 3. The van der Waals surface area contributed by atoms with E-state index in [1.807, 2.05) is 62.6 Å². The van der Waals surface area contributed by atoms with Crippen LogP contribution in [-0.4, -0.2) is 41.2 Å². The van der Waals surface area contributed by atoms with Crippen LogP contribution in [0.15, 0.2) is 79.1 Å². The van der Waals surface area contributed by atoms with Crippen LogP contribution in [0.1, 0.15) is 32.4 Å². The molecular formula is C26H24N8O2. The molecular weight excluding hydrogens is 456 g/mol. The predicted octanol–water partition coefficient (Wildman–Crippen LogP) is 3.91. The summed E-state index contributed by atoms with van der Waals surface area (Å²) in [6.07, 6.45) is 3.75. The third-order valence-electron chi connectivity index (χ3n) is 5.57. The summed E-state index contributed by atoms with van der Waals surface area (Å²) >= 11 is 0. The minimum Gasteiger partial charge on any atom is -0.321 e. The van der Waals surface area contributed by atoms with Crippen LogP contribution in [0.25, 0.3) is 11.4 Å². The molecule has 5 rings (SSSR count). The molecule has 0 radical (unpaired) electrons. The number of hydrogen-bond acceptors (Lipinski definition) is 5. The molecule has 0 saturated carbocycles. The standard InChI is InChI=1S/C26H24N8O2/c1-17-12-14-33(29-17)21-8-4-19(5-9-21)27-25(35)23-16-24(32(3)31-23)26(36)28-20-6-10-22(11-7-20)34-15-13-18(2)30-34/h4-16H,1-3H3,(H,27,35)(H,28,36). The average molecular weight is 481 g/mol. The van der Waals surface area contributed by atoms with Crippen molar-refractivity contribution in [3.63, 3.8) is 0 Å². The van der Waals surface area contributed by atoms with E-state index >= 15 is 0 Å². The zero-order chi connectivity index (χ0) is 25.2. The zero-order valence-electron chi connectivity index (χ0n) is 20.0. The van der Waals surface area contributed by atoms with E-state index in [4.69, 9.17) is 0 Å². The third-order valence-corrected chi connectivity index (χ3v) is 5.57. The Morgan fingerprint density at radius 1 is 0.667 bits per heavy atom. The Balaban J connectivity index is 1.24. The van der Waals surface area contributed by atoms with Gasteiger partial charge >= 0.3 is 0 Å². The lowest BCUT2D eigenvalue weighted by atomic mass is 10.2. The van der Waals surface area contributed by atoms with E-state index in [2.05, 4.69) is 25.9 Å². The Morgan fingerprint density at radius 3 is 1.58 bits per heavy atom. The third kappa shape index (κ3) is 4.78. The van der Waals surface area contributed by atoms with Gasteiger partial charge in [-0.05, 0) is 74.5 Å². The monoisotopic (exact) mass is 480 g/mol. The highest BCUT2D eigenvalue weighted by molar-refractivity contribution is 6.07. The molecule has 0 saturated heterocycles. The Bertz CT molecular complexity index is 1540. The molecule has 0 bridgehead atoms. The number of amides is 2. The Labute approximate surface area is 207 Å². The van der Waals surface area contributed by atoms with E-state index in [1.165, 1.54) is 10.7 Å². The fraction of sp³-hybridized carbons (Fsp3) is 0.115. The summed E-state index contributed by atoms with van der Waals surface area (Å²) in [5.41, 5.74) is 5.23. The highest BCUT2D eigenvalue weighted by atomic mass is 16.2. The zero-order valence-corrected chi connectivity index (χ0v) is 20.0. The number of nitrogens with one attached hydrogen (secondary N) is 2. The van der Waals surface area contributed by atoms with E-state index in [0.29, 0.717) is 11.4 Å². The lowest BCUT2D eigenvalue weighted by Gasteiger charge is -2.07. The summed E-state index contributed by atoms with van der Waals surface area (Å²) in [4.78, 5) is 25.6. The topological polar surface area (TPSA) is 112 Å². The van der Waals surface area contributed by atoms with Gasteiger partial charge in [0.25, 0.3) is 11.8 Å². The number of rotatable bonds is 6. The van der Waals surface area contributed by atoms with E-state index in [9.17, 15) is 9.59 Å². The molecule has 3 heterocycles. The second-order valence-corrected chi connectivity index (χ2v) is 8.34. The fourth-order valence-electron chi connectivity index (χ4n) is 3.69. The van der Waals surface area contributed by atoms with Crippen LogP contribution in [0.3, 0.4) is 0 Å². The van der Waals surface area contributed by atoms with Crippen molar-refractivity contribution in [1.29, 1.82) is 0 Å². The van der Waals surface area contributed by atoms with Crippen LogP contribution in [0.4, 0.5) is 11.4 Å². The minimum atomic E-state index is -0.411. The number of anilines is 2. The summed E-state index contributed by atoms with van der Waals surface area (Å²) in [6, 6.07) is 19.9. The van der Waals surface area contributed by atoms with Gasteiger partial charge in [0.2, 0.25) is 0 Å². The summed E-state index contributed by atoms with van der Waals surface area (Å²) in [5.74, 6) is -0.781. The van der Waals surface area contributed by atoms with E-state index < -0.39 is 5.91 Å². The van der Waals surface area contributed by atoms with E-state index in [0.717, 1.165) is 22.8 Å². The van der Waals surface area contributed by atoms with Gasteiger partial charge in [-0.1, -0.05) is 0 Å². The molecule has 180 valence electrons. The van der Waals surface area contributed by atoms with Gasteiger partial charge in [0.1, 0.15) is 5.69 Å². The Morgan fingerprint density at radius 2 is 1.14 bits per heavy atom. The van der Waals surface area contributed by atoms with E-state index in [-0.39, 0.29) is 17.3 Å². The first kappa shape index (κ1) is 22.8. The molecule has 2 amide bonds. The van der Waals surface area contributed by atoms with Crippen LogP contribution in [0.2, 0.25) is 0 Å². The quantitative estimate of drug-likeness (QED) is 0.383. The van der Waals surface area contributed by atoms with Crippen LogP contribution in [0.5, 0.6) is 0 Å². The van der Waals surface area contributed by atoms with Gasteiger partial charge in [-0.15, -0.1) is 0 Å². The number of benzene rings is 2. The van der Waals surface area contributed by atoms with Crippen molar-refractivity contribution in [1.82, 2.24) is 29.3 Å². The van der Waals surface area contributed by atoms with Crippen molar-refractivity contribution in [3.05, 3.63) is 102 Å². The molecule has 0 fully saturated rings.